The van der Waals surface area contributed by atoms with Gasteiger partial charge in [0.25, 0.3) is 0 Å². The molecule has 0 saturated carbocycles. The number of ether oxygens (including phenoxy) is 1. The number of rotatable bonds is 7. The minimum absolute atomic E-state index is 0.204. The smallest absolute Gasteiger partial charge is 0.377 e. The van der Waals surface area contributed by atoms with Crippen molar-refractivity contribution in [2.45, 2.75) is 32.5 Å². The summed E-state index contributed by atoms with van der Waals surface area (Å²) in [5, 5.41) is 2.29. The minimum Gasteiger partial charge on any atom is -0.377 e. The van der Waals surface area contributed by atoms with Crippen molar-refractivity contribution in [1.82, 2.24) is 5.32 Å². The van der Waals surface area contributed by atoms with Crippen molar-refractivity contribution in [3.63, 3.8) is 0 Å². The molecule has 90 valence electrons. The fourth-order valence-corrected chi connectivity index (χ4v) is 0.910. The lowest BCUT2D eigenvalue weighted by atomic mass is 10.2. The molecule has 1 atom stereocenters. The quantitative estimate of drug-likeness (QED) is 0.672. The van der Waals surface area contributed by atoms with Gasteiger partial charge in [-0.2, -0.15) is 13.2 Å². The highest BCUT2D eigenvalue weighted by Crippen LogP contribution is 2.12. The summed E-state index contributed by atoms with van der Waals surface area (Å²) in [5.41, 5.74) is 1.01. The molecule has 0 saturated heterocycles. The molecule has 0 aliphatic heterocycles. The lowest BCUT2D eigenvalue weighted by molar-refractivity contribution is -0.125. The molecule has 15 heavy (non-hydrogen) atoms. The van der Waals surface area contributed by atoms with Gasteiger partial charge in [-0.25, -0.2) is 0 Å². The van der Waals surface area contributed by atoms with E-state index in [-0.39, 0.29) is 12.6 Å². The maximum Gasteiger partial charge on any atom is 0.401 e. The van der Waals surface area contributed by atoms with Crippen LogP contribution < -0.4 is 5.32 Å². The topological polar surface area (TPSA) is 21.3 Å². The zero-order valence-corrected chi connectivity index (χ0v) is 9.16. The van der Waals surface area contributed by atoms with E-state index in [1.54, 1.807) is 6.92 Å². The Morgan fingerprint density at radius 1 is 1.47 bits per heavy atom. The van der Waals surface area contributed by atoms with Gasteiger partial charge < -0.3 is 10.1 Å². The van der Waals surface area contributed by atoms with Crippen LogP contribution in [0.2, 0.25) is 0 Å². The second-order valence-corrected chi connectivity index (χ2v) is 3.63. The summed E-state index contributed by atoms with van der Waals surface area (Å²) in [5.74, 6) is 0. The van der Waals surface area contributed by atoms with E-state index in [4.69, 9.17) is 4.74 Å². The monoisotopic (exact) mass is 225 g/mol. The van der Waals surface area contributed by atoms with Crippen molar-refractivity contribution in [1.29, 1.82) is 0 Å². The van der Waals surface area contributed by atoms with E-state index in [1.165, 1.54) is 0 Å². The van der Waals surface area contributed by atoms with Gasteiger partial charge in [-0.05, 0) is 20.3 Å². The first-order chi connectivity index (χ1) is 6.81. The van der Waals surface area contributed by atoms with Crippen LogP contribution in [0.4, 0.5) is 13.2 Å². The van der Waals surface area contributed by atoms with E-state index in [0.29, 0.717) is 6.61 Å². The molecule has 0 aromatic rings. The molecule has 2 nitrogen and oxygen atoms in total. The van der Waals surface area contributed by atoms with Gasteiger partial charge in [0.15, 0.2) is 0 Å². The zero-order valence-electron chi connectivity index (χ0n) is 9.16. The number of hydrogen-bond donors (Lipinski definition) is 1. The molecule has 0 aromatic carbocycles. The van der Waals surface area contributed by atoms with Crippen LogP contribution in [0.5, 0.6) is 0 Å². The second-order valence-electron chi connectivity index (χ2n) is 3.63. The van der Waals surface area contributed by atoms with Crippen LogP contribution in [0.1, 0.15) is 20.3 Å². The Labute approximate surface area is 88.5 Å². The molecule has 0 radical (unpaired) electrons. The molecule has 0 heterocycles. The van der Waals surface area contributed by atoms with Crippen LogP contribution in [-0.2, 0) is 4.74 Å². The van der Waals surface area contributed by atoms with Gasteiger partial charge >= 0.3 is 6.18 Å². The number of alkyl halides is 3. The van der Waals surface area contributed by atoms with E-state index in [9.17, 15) is 13.2 Å². The van der Waals surface area contributed by atoms with Crippen LogP contribution in [0.25, 0.3) is 0 Å². The summed E-state index contributed by atoms with van der Waals surface area (Å²) in [6.45, 7) is 7.06. The van der Waals surface area contributed by atoms with Crippen LogP contribution >= 0.6 is 0 Å². The molecule has 0 bridgehead atoms. The van der Waals surface area contributed by atoms with Gasteiger partial charge in [-0.3, -0.25) is 0 Å². The van der Waals surface area contributed by atoms with Crippen molar-refractivity contribution < 1.29 is 17.9 Å². The average molecular weight is 225 g/mol. The van der Waals surface area contributed by atoms with Crippen LogP contribution in [0.15, 0.2) is 12.2 Å². The molecule has 0 aromatic heterocycles. The van der Waals surface area contributed by atoms with Gasteiger partial charge in [0.05, 0.1) is 19.3 Å². The van der Waals surface area contributed by atoms with Gasteiger partial charge in [0.1, 0.15) is 0 Å². The van der Waals surface area contributed by atoms with E-state index < -0.39 is 12.7 Å². The average Bonchev–Trinajstić information content (AvgIpc) is 2.00. The maximum atomic E-state index is 11.7. The maximum absolute atomic E-state index is 11.7. The van der Waals surface area contributed by atoms with Crippen molar-refractivity contribution in [2.75, 3.05) is 19.7 Å². The molecular weight excluding hydrogens is 207 g/mol. The zero-order chi connectivity index (χ0) is 11.9. The summed E-state index contributed by atoms with van der Waals surface area (Å²) in [6, 6.07) is 0. The number of hydrogen-bond acceptors (Lipinski definition) is 2. The van der Waals surface area contributed by atoms with Gasteiger partial charge in [0.2, 0.25) is 0 Å². The predicted molar refractivity (Wildman–Crippen MR) is 53.8 cm³/mol. The normalized spacial score (nSPS) is 13.9. The van der Waals surface area contributed by atoms with Gasteiger partial charge in [-0.15, -0.1) is 6.58 Å². The Morgan fingerprint density at radius 2 is 2.07 bits per heavy atom. The first-order valence-corrected chi connectivity index (χ1v) is 4.84. The first kappa shape index (κ1) is 14.5. The Bertz CT molecular complexity index is 192. The Hall–Kier alpha value is -0.550. The van der Waals surface area contributed by atoms with E-state index in [0.717, 1.165) is 12.0 Å². The molecule has 1 N–H and O–H groups in total. The fourth-order valence-electron chi connectivity index (χ4n) is 0.910. The predicted octanol–water partition coefficient (Wildman–Crippen LogP) is 2.51. The second kappa shape index (κ2) is 6.85. The molecular formula is C10H18F3NO. The van der Waals surface area contributed by atoms with Crippen LogP contribution in [-0.4, -0.2) is 32.0 Å². The Kier molecular flexibility index (Phi) is 6.60. The molecule has 1 unspecified atom stereocenters. The van der Waals surface area contributed by atoms with Crippen molar-refractivity contribution in [2.24, 2.45) is 0 Å². The highest BCUT2D eigenvalue weighted by Gasteiger charge is 2.26. The summed E-state index contributed by atoms with van der Waals surface area (Å²) in [6.07, 6.45) is -3.63. The molecule has 0 rings (SSSR count). The van der Waals surface area contributed by atoms with Crippen molar-refractivity contribution in [3.8, 4) is 0 Å². The van der Waals surface area contributed by atoms with Crippen LogP contribution in [0, 0.1) is 0 Å². The summed E-state index contributed by atoms with van der Waals surface area (Å²) < 4.78 is 40.5. The molecule has 0 amide bonds. The number of nitrogens with one attached hydrogen (secondary N) is 1. The van der Waals surface area contributed by atoms with E-state index in [2.05, 4.69) is 11.9 Å². The van der Waals surface area contributed by atoms with E-state index in [1.807, 2.05) is 6.92 Å². The highest BCUT2D eigenvalue weighted by molar-refractivity contribution is 4.87. The molecule has 0 aliphatic rings. The van der Waals surface area contributed by atoms with Gasteiger partial charge in [-0.1, -0.05) is 5.57 Å². The third kappa shape index (κ3) is 11.4. The lowest BCUT2D eigenvalue weighted by Crippen LogP contribution is -2.34. The summed E-state index contributed by atoms with van der Waals surface area (Å²) >= 11 is 0. The minimum atomic E-state index is -4.16. The van der Waals surface area contributed by atoms with Crippen LogP contribution in [0.3, 0.4) is 0 Å². The van der Waals surface area contributed by atoms with Crippen molar-refractivity contribution in [3.05, 3.63) is 12.2 Å². The molecule has 0 aliphatic carbocycles. The fraction of sp³-hybridized carbons (Fsp3) is 0.800. The summed E-state index contributed by atoms with van der Waals surface area (Å²) in [4.78, 5) is 0. The van der Waals surface area contributed by atoms with Crippen molar-refractivity contribution >= 4 is 0 Å². The largest absolute Gasteiger partial charge is 0.401 e. The standard InChI is InChI=1S/C10H18F3NO/c1-8(2)4-5-15-9(3)6-14-7-10(11,12)13/h9,14H,1,4-7H2,2-3H3. The first-order valence-electron chi connectivity index (χ1n) is 4.84. The third-order valence-corrected chi connectivity index (χ3v) is 1.69. The van der Waals surface area contributed by atoms with E-state index >= 15 is 0 Å². The molecule has 5 heteroatoms. The highest BCUT2D eigenvalue weighted by atomic mass is 19.4. The van der Waals surface area contributed by atoms with Gasteiger partial charge in [0, 0.05) is 6.54 Å². The Morgan fingerprint density at radius 3 is 2.53 bits per heavy atom. The third-order valence-electron chi connectivity index (χ3n) is 1.69. The Balaban J connectivity index is 3.41. The molecule has 0 fully saturated rings. The molecule has 0 spiro atoms. The SMILES string of the molecule is C=C(C)CCOC(C)CNCC(F)(F)F. The number of halogens is 3. The lowest BCUT2D eigenvalue weighted by Gasteiger charge is -2.14. The summed E-state index contributed by atoms with van der Waals surface area (Å²) in [7, 11) is 0.